The molecule has 0 fully saturated rings. The van der Waals surface area contributed by atoms with E-state index in [4.69, 9.17) is 11.5 Å². The number of amides is 5. The van der Waals surface area contributed by atoms with Gasteiger partial charge in [0.1, 0.15) is 5.00 Å². The summed E-state index contributed by atoms with van der Waals surface area (Å²) in [4.78, 5) is 44.8. The number of carbonyl (C=O) groups excluding carboxylic acids is 4. The molecule has 0 aromatic carbocycles. The van der Waals surface area contributed by atoms with E-state index in [1.807, 2.05) is 0 Å². The van der Waals surface area contributed by atoms with Crippen molar-refractivity contribution in [2.45, 2.75) is 32.6 Å². The molecule has 9 nitrogen and oxygen atoms in total. The van der Waals surface area contributed by atoms with E-state index in [-0.39, 0.29) is 22.4 Å². The molecule has 0 saturated carbocycles. The molecule has 0 bridgehead atoms. The van der Waals surface area contributed by atoms with Gasteiger partial charge in [0, 0.05) is 19.9 Å². The minimum absolute atomic E-state index is 0.0731. The topological polar surface area (TPSA) is 156 Å². The molecule has 10 heteroatoms. The molecule has 1 rings (SSSR count). The van der Waals surface area contributed by atoms with Gasteiger partial charge < -0.3 is 22.1 Å². The Hall–Kier alpha value is -2.62. The van der Waals surface area contributed by atoms with Gasteiger partial charge in [0.15, 0.2) is 0 Å². The SMILES string of the molecule is CC(=O)NCCCCCC(=O)Nc1cc(C(N)=O)c(NC(N)=O)s1. The number of hydrogen-bond donors (Lipinski definition) is 5. The number of hydrogen-bond acceptors (Lipinski definition) is 5. The van der Waals surface area contributed by atoms with Crippen molar-refractivity contribution in [2.24, 2.45) is 11.5 Å². The second-order valence-electron chi connectivity index (χ2n) is 5.05. The zero-order valence-corrected chi connectivity index (χ0v) is 14.1. The molecule has 0 spiro atoms. The van der Waals surface area contributed by atoms with E-state index in [2.05, 4.69) is 16.0 Å². The number of nitrogens with two attached hydrogens (primary N) is 2. The Bertz CT molecular complexity index is 629. The van der Waals surface area contributed by atoms with E-state index < -0.39 is 11.9 Å². The highest BCUT2D eigenvalue weighted by atomic mass is 32.1. The second kappa shape index (κ2) is 9.50. The third kappa shape index (κ3) is 7.09. The predicted molar refractivity (Wildman–Crippen MR) is 91.8 cm³/mol. The molecule has 132 valence electrons. The molecule has 1 aromatic heterocycles. The number of anilines is 2. The summed E-state index contributed by atoms with van der Waals surface area (Å²) in [7, 11) is 0. The van der Waals surface area contributed by atoms with Crippen LogP contribution in [0.5, 0.6) is 0 Å². The summed E-state index contributed by atoms with van der Waals surface area (Å²) in [5.74, 6) is -1.01. The van der Waals surface area contributed by atoms with Crippen LogP contribution in [0.3, 0.4) is 0 Å². The van der Waals surface area contributed by atoms with Crippen molar-refractivity contribution in [3.8, 4) is 0 Å². The van der Waals surface area contributed by atoms with E-state index in [1.54, 1.807) is 0 Å². The lowest BCUT2D eigenvalue weighted by Gasteiger charge is -2.03. The summed E-state index contributed by atoms with van der Waals surface area (Å²) in [6.07, 6.45) is 2.58. The van der Waals surface area contributed by atoms with Gasteiger partial charge in [-0.05, 0) is 18.9 Å². The van der Waals surface area contributed by atoms with Crippen LogP contribution in [0.4, 0.5) is 14.8 Å². The fourth-order valence-electron chi connectivity index (χ4n) is 1.89. The highest BCUT2D eigenvalue weighted by Gasteiger charge is 2.16. The van der Waals surface area contributed by atoms with Crippen LogP contribution in [0.2, 0.25) is 0 Å². The van der Waals surface area contributed by atoms with Crippen molar-refractivity contribution in [3.63, 3.8) is 0 Å². The number of primary amides is 2. The van der Waals surface area contributed by atoms with Crippen molar-refractivity contribution in [1.29, 1.82) is 0 Å². The lowest BCUT2D eigenvalue weighted by Crippen LogP contribution is -2.21. The van der Waals surface area contributed by atoms with Crippen LogP contribution < -0.4 is 27.4 Å². The van der Waals surface area contributed by atoms with Crippen LogP contribution in [-0.4, -0.2) is 30.3 Å². The summed E-state index contributed by atoms with van der Waals surface area (Å²) >= 11 is 1.00. The Morgan fingerprint density at radius 3 is 2.38 bits per heavy atom. The van der Waals surface area contributed by atoms with Crippen molar-refractivity contribution in [1.82, 2.24) is 5.32 Å². The highest BCUT2D eigenvalue weighted by molar-refractivity contribution is 7.20. The molecule has 0 aliphatic heterocycles. The van der Waals surface area contributed by atoms with E-state index in [1.165, 1.54) is 13.0 Å². The molecule has 1 aromatic rings. The molecule has 0 atom stereocenters. The van der Waals surface area contributed by atoms with Crippen LogP contribution in [0, 0.1) is 0 Å². The molecule has 0 aliphatic rings. The normalized spacial score (nSPS) is 10.0. The number of thiophene rings is 1. The van der Waals surface area contributed by atoms with Gasteiger partial charge in [0.05, 0.1) is 10.6 Å². The van der Waals surface area contributed by atoms with Crippen LogP contribution in [0.1, 0.15) is 43.0 Å². The Morgan fingerprint density at radius 2 is 1.79 bits per heavy atom. The lowest BCUT2D eigenvalue weighted by atomic mass is 10.2. The number of urea groups is 1. The third-order valence-electron chi connectivity index (χ3n) is 2.95. The molecule has 7 N–H and O–H groups in total. The van der Waals surface area contributed by atoms with E-state index in [9.17, 15) is 19.2 Å². The maximum Gasteiger partial charge on any atom is 0.317 e. The van der Waals surface area contributed by atoms with Gasteiger partial charge in [-0.2, -0.15) is 0 Å². The van der Waals surface area contributed by atoms with Gasteiger partial charge >= 0.3 is 6.03 Å². The largest absolute Gasteiger partial charge is 0.366 e. The second-order valence-corrected chi connectivity index (χ2v) is 6.10. The van der Waals surface area contributed by atoms with Gasteiger partial charge in [-0.25, -0.2) is 4.79 Å². The van der Waals surface area contributed by atoms with E-state index in [0.29, 0.717) is 24.4 Å². The Balaban J connectivity index is 2.45. The quantitative estimate of drug-likeness (QED) is 0.418. The minimum atomic E-state index is -0.823. The molecule has 24 heavy (non-hydrogen) atoms. The van der Waals surface area contributed by atoms with Crippen molar-refractivity contribution in [2.75, 3.05) is 17.2 Å². The molecule has 0 aliphatic carbocycles. The first-order valence-corrected chi connectivity index (χ1v) is 8.15. The Kier molecular flexibility index (Phi) is 7.69. The number of nitrogens with one attached hydrogen (secondary N) is 3. The maximum absolute atomic E-state index is 11.9. The minimum Gasteiger partial charge on any atom is -0.366 e. The first kappa shape index (κ1) is 19.4. The first-order valence-electron chi connectivity index (χ1n) is 7.34. The molecular formula is C14H21N5O4S. The zero-order chi connectivity index (χ0) is 18.1. The van der Waals surface area contributed by atoms with Crippen molar-refractivity contribution < 1.29 is 19.2 Å². The van der Waals surface area contributed by atoms with E-state index in [0.717, 1.165) is 24.2 Å². The van der Waals surface area contributed by atoms with Crippen molar-refractivity contribution >= 4 is 45.1 Å². The summed E-state index contributed by atoms with van der Waals surface area (Å²) in [6, 6.07) is 0.573. The smallest absolute Gasteiger partial charge is 0.317 e. The van der Waals surface area contributed by atoms with Crippen LogP contribution in [0.15, 0.2) is 6.07 Å². The van der Waals surface area contributed by atoms with Gasteiger partial charge in [-0.1, -0.05) is 17.8 Å². The lowest BCUT2D eigenvalue weighted by molar-refractivity contribution is -0.119. The van der Waals surface area contributed by atoms with Crippen LogP contribution >= 0.6 is 11.3 Å². The third-order valence-corrected chi connectivity index (χ3v) is 3.92. The standard InChI is InChI=1S/C14H21N5O4S/c1-8(20)17-6-4-2-3-5-10(21)18-11-7-9(12(15)22)13(24-11)19-14(16)23/h7H,2-6H2,1H3,(H2,15,22)(H,17,20)(H,18,21)(H3,16,19,23). The summed E-state index contributed by atoms with van der Waals surface area (Å²) < 4.78 is 0. The fraction of sp³-hybridized carbons (Fsp3) is 0.429. The number of rotatable bonds is 9. The average Bonchev–Trinajstić information content (AvgIpc) is 2.84. The Morgan fingerprint density at radius 1 is 1.08 bits per heavy atom. The number of unbranched alkanes of at least 4 members (excludes halogenated alkanes) is 2. The number of carbonyl (C=O) groups is 4. The van der Waals surface area contributed by atoms with E-state index >= 15 is 0 Å². The molecule has 0 saturated heterocycles. The van der Waals surface area contributed by atoms with Crippen molar-refractivity contribution in [3.05, 3.63) is 11.6 Å². The first-order chi connectivity index (χ1) is 11.3. The summed E-state index contributed by atoms with van der Waals surface area (Å²) in [5.41, 5.74) is 10.3. The molecular weight excluding hydrogens is 334 g/mol. The zero-order valence-electron chi connectivity index (χ0n) is 13.3. The highest BCUT2D eigenvalue weighted by Crippen LogP contribution is 2.32. The van der Waals surface area contributed by atoms with Crippen LogP contribution in [0.25, 0.3) is 0 Å². The average molecular weight is 355 g/mol. The van der Waals surface area contributed by atoms with Gasteiger partial charge in [-0.3, -0.25) is 19.7 Å². The van der Waals surface area contributed by atoms with Crippen LogP contribution in [-0.2, 0) is 9.59 Å². The molecule has 0 radical (unpaired) electrons. The predicted octanol–water partition coefficient (Wildman–Crippen LogP) is 0.973. The monoisotopic (exact) mass is 355 g/mol. The van der Waals surface area contributed by atoms with Gasteiger partial charge in [-0.15, -0.1) is 0 Å². The molecule has 0 unspecified atom stereocenters. The molecule has 1 heterocycles. The fourth-order valence-corrected chi connectivity index (χ4v) is 2.87. The maximum atomic E-state index is 11.9. The Labute approximate surface area is 143 Å². The van der Waals surface area contributed by atoms with Gasteiger partial charge in [0.2, 0.25) is 11.8 Å². The molecule has 5 amide bonds. The summed E-state index contributed by atoms with van der Waals surface area (Å²) in [5, 5.41) is 8.22. The summed E-state index contributed by atoms with van der Waals surface area (Å²) in [6.45, 7) is 2.04. The van der Waals surface area contributed by atoms with Gasteiger partial charge in [0.25, 0.3) is 5.91 Å².